The zero-order chi connectivity index (χ0) is 26.0. The summed E-state index contributed by atoms with van der Waals surface area (Å²) in [4.78, 5) is 36.5. The molecular formula is C26H37FN2O5. The number of pyridine rings is 1. The summed E-state index contributed by atoms with van der Waals surface area (Å²) < 4.78 is 21.5. The molecule has 0 atom stereocenters. The molecule has 0 aliphatic carbocycles. The van der Waals surface area contributed by atoms with Crippen LogP contribution in [0.5, 0.6) is 0 Å². The summed E-state index contributed by atoms with van der Waals surface area (Å²) in [5.74, 6) is -0.625. The Morgan fingerprint density at radius 1 is 1.21 bits per heavy atom. The molecule has 0 N–H and O–H groups in total. The lowest BCUT2D eigenvalue weighted by Gasteiger charge is -2.14. The molecule has 7 nitrogen and oxygen atoms in total. The largest absolute Gasteiger partial charge is 0.447 e. The van der Waals surface area contributed by atoms with Crippen molar-refractivity contribution in [3.63, 3.8) is 0 Å². The molecule has 1 aliphatic heterocycles. The van der Waals surface area contributed by atoms with Gasteiger partial charge in [0.2, 0.25) is 5.91 Å². The Balaban J connectivity index is 0.000000442. The Hall–Kier alpha value is -3.13. The zero-order valence-corrected chi connectivity index (χ0v) is 21.0. The van der Waals surface area contributed by atoms with Crippen LogP contribution in [-0.2, 0) is 25.5 Å². The summed E-state index contributed by atoms with van der Waals surface area (Å²) in [5, 5.41) is 0. The van der Waals surface area contributed by atoms with Crippen molar-refractivity contribution in [1.82, 2.24) is 9.88 Å². The summed E-state index contributed by atoms with van der Waals surface area (Å²) in [6.07, 6.45) is 2.63. The number of hydrogen-bond donors (Lipinski definition) is 0. The second kappa shape index (κ2) is 17.4. The van der Waals surface area contributed by atoms with Crippen molar-refractivity contribution < 1.29 is 28.2 Å². The molecule has 8 heteroatoms. The molecule has 0 unspecified atom stereocenters. The predicted octanol–water partition coefficient (Wildman–Crippen LogP) is 5.15. The van der Waals surface area contributed by atoms with E-state index in [9.17, 15) is 18.8 Å². The topological polar surface area (TPSA) is 85.8 Å². The molecule has 1 saturated heterocycles. The number of ether oxygens (including phenoxy) is 2. The van der Waals surface area contributed by atoms with Gasteiger partial charge >= 0.3 is 6.09 Å². The number of nitrogens with zero attached hydrogens (tertiary/aromatic N) is 2. The van der Waals surface area contributed by atoms with Crippen LogP contribution in [0.25, 0.3) is 0 Å². The quantitative estimate of drug-likeness (QED) is 0.567. The van der Waals surface area contributed by atoms with E-state index in [1.54, 1.807) is 13.2 Å². The Labute approximate surface area is 202 Å². The Morgan fingerprint density at radius 3 is 2.18 bits per heavy atom. The lowest BCUT2D eigenvalue weighted by atomic mass is 10.2. The van der Waals surface area contributed by atoms with Crippen LogP contribution in [0.4, 0.5) is 9.18 Å². The number of cyclic esters (lactones) is 1. The van der Waals surface area contributed by atoms with Gasteiger partial charge < -0.3 is 14.3 Å². The molecule has 3 rings (SSSR count). The number of methoxy groups -OCH3 is 1. The highest BCUT2D eigenvalue weighted by atomic mass is 19.1. The van der Waals surface area contributed by atoms with Gasteiger partial charge in [0.25, 0.3) is 0 Å². The number of benzene rings is 1. The highest BCUT2D eigenvalue weighted by Gasteiger charge is 2.27. The fraction of sp³-hybridized carbons (Fsp3) is 0.462. The molecule has 34 heavy (non-hydrogen) atoms. The van der Waals surface area contributed by atoms with Crippen LogP contribution in [0.3, 0.4) is 0 Å². The van der Waals surface area contributed by atoms with Gasteiger partial charge in [-0.2, -0.15) is 0 Å². The van der Waals surface area contributed by atoms with Gasteiger partial charge in [-0.25, -0.2) is 14.1 Å². The molecule has 188 valence electrons. The third-order valence-electron chi connectivity index (χ3n) is 4.28. The molecule has 0 bridgehead atoms. The van der Waals surface area contributed by atoms with Gasteiger partial charge in [0, 0.05) is 25.6 Å². The number of hydrogen-bond acceptors (Lipinski definition) is 6. The Morgan fingerprint density at radius 2 is 1.82 bits per heavy atom. The van der Waals surface area contributed by atoms with Crippen LogP contribution >= 0.6 is 0 Å². The monoisotopic (exact) mass is 476 g/mol. The average Bonchev–Trinajstić information content (AvgIpc) is 3.26. The number of aromatic nitrogens is 1. The molecule has 2 heterocycles. The number of aryl methyl sites for hydroxylation is 2. The van der Waals surface area contributed by atoms with E-state index in [2.05, 4.69) is 40.9 Å². The normalized spacial score (nSPS) is 12.1. The predicted molar refractivity (Wildman–Crippen MR) is 130 cm³/mol. The van der Waals surface area contributed by atoms with Crippen LogP contribution in [-0.4, -0.2) is 54.0 Å². The van der Waals surface area contributed by atoms with Gasteiger partial charge in [-0.3, -0.25) is 9.78 Å². The minimum atomic E-state index is -0.606. The van der Waals surface area contributed by atoms with Crippen molar-refractivity contribution in [3.05, 3.63) is 65.7 Å². The fourth-order valence-electron chi connectivity index (χ4n) is 2.10. The van der Waals surface area contributed by atoms with Gasteiger partial charge in [-0.15, -0.1) is 0 Å². The molecule has 0 radical (unpaired) electrons. The van der Waals surface area contributed by atoms with Gasteiger partial charge in [0.15, 0.2) is 0 Å². The maximum Gasteiger partial charge on any atom is 0.416 e. The molecule has 1 fully saturated rings. The standard InChI is InChI=1S/C8H10.C7H9NO4.C6H6FN.C5H12O/c1-2-8-6-4-3-5-7-8;9-4-1-2-6(10)8-3-5-12-7(8)11;1-5-2-3-6(7)4-8-5;1-5(2,3)6-4/h3-7H,2H2,1H3;4H,1-3,5H2;2-4H,1H3;1-4H3. The van der Waals surface area contributed by atoms with Crippen LogP contribution in [0.2, 0.25) is 0 Å². The maximum atomic E-state index is 12.0. The van der Waals surface area contributed by atoms with Gasteiger partial charge in [0.1, 0.15) is 18.7 Å². The van der Waals surface area contributed by atoms with Crippen molar-refractivity contribution in [3.8, 4) is 0 Å². The summed E-state index contributed by atoms with van der Waals surface area (Å²) in [6, 6.07) is 13.5. The van der Waals surface area contributed by atoms with Gasteiger partial charge in [0.05, 0.1) is 18.3 Å². The zero-order valence-electron chi connectivity index (χ0n) is 21.0. The summed E-state index contributed by atoms with van der Waals surface area (Å²) in [6.45, 7) is 10.6. The molecular weight excluding hydrogens is 439 g/mol. The number of aldehydes is 1. The van der Waals surface area contributed by atoms with Crippen molar-refractivity contribution in [2.45, 2.75) is 59.5 Å². The first-order valence-corrected chi connectivity index (χ1v) is 11.1. The molecule has 2 aromatic rings. The van der Waals surface area contributed by atoms with Crippen molar-refractivity contribution in [2.24, 2.45) is 0 Å². The molecule has 1 aromatic heterocycles. The van der Waals surface area contributed by atoms with E-state index in [-0.39, 0.29) is 36.8 Å². The lowest BCUT2D eigenvalue weighted by molar-refractivity contribution is -0.128. The third-order valence-corrected chi connectivity index (χ3v) is 4.28. The van der Waals surface area contributed by atoms with E-state index in [1.807, 2.05) is 33.8 Å². The van der Waals surface area contributed by atoms with Gasteiger partial charge in [-0.05, 0) is 51.8 Å². The number of imide groups is 1. The number of carbonyl (C=O) groups excluding carboxylic acids is 3. The third kappa shape index (κ3) is 15.6. The van der Waals surface area contributed by atoms with Crippen LogP contribution in [0.1, 0.15) is 51.8 Å². The lowest BCUT2D eigenvalue weighted by Crippen LogP contribution is -2.31. The molecule has 1 aromatic carbocycles. The SMILES string of the molecule is CCc1ccccc1.COC(C)(C)C.Cc1ccc(F)cn1.O=CCCC(=O)N1CCOC1=O. The number of amides is 2. The Kier molecular flexibility index (Phi) is 15.8. The van der Waals surface area contributed by atoms with Crippen LogP contribution in [0.15, 0.2) is 48.7 Å². The average molecular weight is 477 g/mol. The minimum Gasteiger partial charge on any atom is -0.447 e. The second-order valence-corrected chi connectivity index (χ2v) is 8.14. The maximum absolute atomic E-state index is 12.0. The van der Waals surface area contributed by atoms with Crippen molar-refractivity contribution in [2.75, 3.05) is 20.3 Å². The summed E-state index contributed by atoms with van der Waals surface area (Å²) in [5.41, 5.74) is 2.29. The summed E-state index contributed by atoms with van der Waals surface area (Å²) in [7, 11) is 1.71. The van der Waals surface area contributed by atoms with Crippen molar-refractivity contribution >= 4 is 18.3 Å². The van der Waals surface area contributed by atoms with Crippen LogP contribution in [0, 0.1) is 12.7 Å². The molecule has 1 aliphatic rings. The van der Waals surface area contributed by atoms with E-state index in [0.29, 0.717) is 12.8 Å². The van der Waals surface area contributed by atoms with E-state index in [0.717, 1.165) is 17.0 Å². The number of rotatable bonds is 4. The fourth-order valence-corrected chi connectivity index (χ4v) is 2.10. The van der Waals surface area contributed by atoms with E-state index in [4.69, 9.17) is 4.74 Å². The Bertz CT molecular complexity index is 816. The summed E-state index contributed by atoms with van der Waals surface area (Å²) >= 11 is 0. The van der Waals surface area contributed by atoms with E-state index in [1.165, 1.54) is 17.8 Å². The van der Waals surface area contributed by atoms with Gasteiger partial charge in [-0.1, -0.05) is 37.3 Å². The first-order chi connectivity index (χ1) is 16.0. The van der Waals surface area contributed by atoms with Crippen LogP contribution < -0.4 is 0 Å². The molecule has 2 amide bonds. The van der Waals surface area contributed by atoms with E-state index >= 15 is 0 Å². The smallest absolute Gasteiger partial charge is 0.416 e. The first kappa shape index (κ1) is 30.9. The highest BCUT2D eigenvalue weighted by Crippen LogP contribution is 2.06. The first-order valence-electron chi connectivity index (χ1n) is 11.1. The molecule has 0 saturated carbocycles. The number of halogens is 1. The molecule has 0 spiro atoms. The van der Waals surface area contributed by atoms with Crippen molar-refractivity contribution in [1.29, 1.82) is 0 Å². The highest BCUT2D eigenvalue weighted by molar-refractivity contribution is 5.93. The minimum absolute atomic E-state index is 0.0417. The number of carbonyl (C=O) groups is 3. The van der Waals surface area contributed by atoms with E-state index < -0.39 is 6.09 Å². The second-order valence-electron chi connectivity index (χ2n) is 8.14.